The van der Waals surface area contributed by atoms with Gasteiger partial charge in [0.25, 0.3) is 0 Å². The third kappa shape index (κ3) is 3.10. The van der Waals surface area contributed by atoms with Crippen LogP contribution in [0.1, 0.15) is 12.0 Å². The number of carbonyl (C=O) groups is 1. The molecule has 1 aliphatic heterocycles. The molecule has 0 radical (unpaired) electrons. The molecule has 0 aromatic heterocycles. The average molecular weight is 237 g/mol. The Balaban J connectivity index is 1.80. The second-order valence-electron chi connectivity index (χ2n) is 3.79. The highest BCUT2D eigenvalue weighted by molar-refractivity contribution is 5.66. The van der Waals surface area contributed by atoms with Crippen molar-refractivity contribution in [3.05, 3.63) is 23.8 Å². The molecule has 0 saturated heterocycles. The molecule has 1 heterocycles. The van der Waals surface area contributed by atoms with E-state index in [0.717, 1.165) is 30.0 Å². The number of ether oxygens (including phenoxy) is 2. The second kappa shape index (κ2) is 5.54. The number of nitrogens with one attached hydrogen (secondary N) is 1. The maximum Gasteiger partial charge on any atom is 0.304 e. The Morgan fingerprint density at radius 1 is 1.35 bits per heavy atom. The van der Waals surface area contributed by atoms with Crippen LogP contribution in [0.25, 0.3) is 0 Å². The lowest BCUT2D eigenvalue weighted by Gasteiger charge is -2.06. The number of para-hydroxylation sites is 1. The van der Waals surface area contributed by atoms with Gasteiger partial charge in [-0.25, -0.2) is 0 Å². The Bertz CT molecular complexity index is 405. The first-order chi connectivity index (χ1) is 8.27. The van der Waals surface area contributed by atoms with E-state index in [0.29, 0.717) is 6.54 Å². The van der Waals surface area contributed by atoms with Crippen molar-refractivity contribution in [1.29, 1.82) is 0 Å². The SMILES string of the molecule is O=C(O)CCNCCc1cccc2c1OCO2. The molecule has 17 heavy (non-hydrogen) atoms. The van der Waals surface area contributed by atoms with Crippen LogP contribution in [-0.4, -0.2) is 31.0 Å². The van der Waals surface area contributed by atoms with Crippen molar-refractivity contribution in [3.8, 4) is 11.5 Å². The summed E-state index contributed by atoms with van der Waals surface area (Å²) in [5.41, 5.74) is 1.09. The fraction of sp³-hybridized carbons (Fsp3) is 0.417. The molecule has 5 heteroatoms. The van der Waals surface area contributed by atoms with Gasteiger partial charge in [-0.3, -0.25) is 4.79 Å². The minimum atomic E-state index is -0.783. The topological polar surface area (TPSA) is 67.8 Å². The zero-order valence-corrected chi connectivity index (χ0v) is 9.44. The number of hydrogen-bond donors (Lipinski definition) is 2. The largest absolute Gasteiger partial charge is 0.481 e. The zero-order valence-electron chi connectivity index (χ0n) is 9.44. The quantitative estimate of drug-likeness (QED) is 0.723. The highest BCUT2D eigenvalue weighted by atomic mass is 16.7. The van der Waals surface area contributed by atoms with E-state index >= 15 is 0 Å². The molecule has 0 atom stereocenters. The van der Waals surface area contributed by atoms with Crippen molar-refractivity contribution in [2.45, 2.75) is 12.8 Å². The number of fused-ring (bicyclic) bond motifs is 1. The van der Waals surface area contributed by atoms with E-state index in [4.69, 9.17) is 14.6 Å². The molecule has 0 fully saturated rings. The van der Waals surface area contributed by atoms with Crippen LogP contribution >= 0.6 is 0 Å². The van der Waals surface area contributed by atoms with Gasteiger partial charge in [0.15, 0.2) is 11.5 Å². The van der Waals surface area contributed by atoms with Crippen LogP contribution in [-0.2, 0) is 11.2 Å². The molecular formula is C12H15NO4. The smallest absolute Gasteiger partial charge is 0.304 e. The van der Waals surface area contributed by atoms with Gasteiger partial charge in [0.05, 0.1) is 6.42 Å². The van der Waals surface area contributed by atoms with Gasteiger partial charge < -0.3 is 19.9 Å². The first-order valence-corrected chi connectivity index (χ1v) is 5.57. The molecule has 0 amide bonds. The van der Waals surface area contributed by atoms with E-state index in [1.807, 2.05) is 18.2 Å². The van der Waals surface area contributed by atoms with Gasteiger partial charge in [-0.2, -0.15) is 0 Å². The van der Waals surface area contributed by atoms with Gasteiger partial charge >= 0.3 is 5.97 Å². The van der Waals surface area contributed by atoms with Crippen LogP contribution in [0, 0.1) is 0 Å². The predicted molar refractivity (Wildman–Crippen MR) is 61.4 cm³/mol. The van der Waals surface area contributed by atoms with Gasteiger partial charge in [0, 0.05) is 6.54 Å². The molecule has 0 spiro atoms. The number of carboxylic acids is 1. The Morgan fingerprint density at radius 3 is 3.06 bits per heavy atom. The molecule has 5 nitrogen and oxygen atoms in total. The summed E-state index contributed by atoms with van der Waals surface area (Å²) in [4.78, 5) is 10.3. The predicted octanol–water partition coefficient (Wildman–Crippen LogP) is 1.02. The minimum absolute atomic E-state index is 0.145. The summed E-state index contributed by atoms with van der Waals surface area (Å²) >= 11 is 0. The van der Waals surface area contributed by atoms with Crippen LogP contribution in [0.3, 0.4) is 0 Å². The molecule has 2 N–H and O–H groups in total. The summed E-state index contributed by atoms with van der Waals surface area (Å²) in [6.45, 7) is 1.49. The second-order valence-corrected chi connectivity index (χ2v) is 3.79. The summed E-state index contributed by atoms with van der Waals surface area (Å²) < 4.78 is 10.7. The van der Waals surface area contributed by atoms with E-state index in [1.54, 1.807) is 0 Å². The van der Waals surface area contributed by atoms with Crippen molar-refractivity contribution in [2.24, 2.45) is 0 Å². The third-order valence-electron chi connectivity index (χ3n) is 2.56. The highest BCUT2D eigenvalue weighted by Crippen LogP contribution is 2.35. The van der Waals surface area contributed by atoms with Crippen LogP contribution in [0.4, 0.5) is 0 Å². The van der Waals surface area contributed by atoms with Crippen molar-refractivity contribution >= 4 is 5.97 Å². The van der Waals surface area contributed by atoms with Crippen LogP contribution in [0.15, 0.2) is 18.2 Å². The van der Waals surface area contributed by atoms with E-state index in [2.05, 4.69) is 5.32 Å². The van der Waals surface area contributed by atoms with Crippen molar-refractivity contribution in [2.75, 3.05) is 19.9 Å². The number of aliphatic carboxylic acids is 1. The van der Waals surface area contributed by atoms with E-state index < -0.39 is 5.97 Å². The normalized spacial score (nSPS) is 12.7. The lowest BCUT2D eigenvalue weighted by atomic mass is 10.1. The molecule has 0 saturated carbocycles. The summed E-state index contributed by atoms with van der Waals surface area (Å²) in [6.07, 6.45) is 0.943. The van der Waals surface area contributed by atoms with Gasteiger partial charge in [0.2, 0.25) is 6.79 Å². The van der Waals surface area contributed by atoms with Crippen LogP contribution in [0.2, 0.25) is 0 Å². The number of rotatable bonds is 6. The Hall–Kier alpha value is -1.75. The molecule has 92 valence electrons. The average Bonchev–Trinajstić information content (AvgIpc) is 2.77. The molecule has 1 aromatic carbocycles. The van der Waals surface area contributed by atoms with E-state index in [-0.39, 0.29) is 13.2 Å². The molecule has 1 aliphatic rings. The monoisotopic (exact) mass is 237 g/mol. The summed E-state index contributed by atoms with van der Waals surface area (Å²) in [5.74, 6) is 0.815. The summed E-state index contributed by atoms with van der Waals surface area (Å²) in [5, 5.41) is 11.6. The van der Waals surface area contributed by atoms with E-state index in [9.17, 15) is 4.79 Å². The Labute approximate surface area is 99.3 Å². The van der Waals surface area contributed by atoms with Gasteiger partial charge in [-0.1, -0.05) is 12.1 Å². The summed E-state index contributed by atoms with van der Waals surface area (Å²) in [6, 6.07) is 5.80. The molecule has 0 unspecified atom stereocenters. The molecule has 0 aliphatic carbocycles. The lowest BCUT2D eigenvalue weighted by molar-refractivity contribution is -0.136. The first kappa shape index (κ1) is 11.7. The molecule has 0 bridgehead atoms. The number of hydrogen-bond acceptors (Lipinski definition) is 4. The van der Waals surface area contributed by atoms with Gasteiger partial charge in [-0.15, -0.1) is 0 Å². The first-order valence-electron chi connectivity index (χ1n) is 5.57. The standard InChI is InChI=1S/C12H15NO4/c14-11(15)5-7-13-6-4-9-2-1-3-10-12(9)17-8-16-10/h1-3,13H,4-8H2,(H,14,15). The minimum Gasteiger partial charge on any atom is -0.481 e. The number of benzene rings is 1. The maximum absolute atomic E-state index is 10.3. The fourth-order valence-corrected chi connectivity index (χ4v) is 1.73. The Kier molecular flexibility index (Phi) is 3.82. The highest BCUT2D eigenvalue weighted by Gasteiger charge is 2.16. The zero-order chi connectivity index (χ0) is 12.1. The number of carboxylic acid groups (broad SMARTS) is 1. The lowest BCUT2D eigenvalue weighted by Crippen LogP contribution is -2.20. The van der Waals surface area contributed by atoms with Gasteiger partial charge in [-0.05, 0) is 24.6 Å². The van der Waals surface area contributed by atoms with Crippen molar-refractivity contribution < 1.29 is 19.4 Å². The van der Waals surface area contributed by atoms with Crippen LogP contribution in [0.5, 0.6) is 11.5 Å². The molecular weight excluding hydrogens is 222 g/mol. The fourth-order valence-electron chi connectivity index (χ4n) is 1.73. The van der Waals surface area contributed by atoms with Gasteiger partial charge in [0.1, 0.15) is 0 Å². The van der Waals surface area contributed by atoms with Crippen LogP contribution < -0.4 is 14.8 Å². The van der Waals surface area contributed by atoms with E-state index in [1.165, 1.54) is 0 Å². The Morgan fingerprint density at radius 2 is 2.24 bits per heavy atom. The van der Waals surface area contributed by atoms with Crippen molar-refractivity contribution in [1.82, 2.24) is 5.32 Å². The maximum atomic E-state index is 10.3. The molecule has 2 rings (SSSR count). The van der Waals surface area contributed by atoms with Crippen molar-refractivity contribution in [3.63, 3.8) is 0 Å². The molecule has 1 aromatic rings. The summed E-state index contributed by atoms with van der Waals surface area (Å²) in [7, 11) is 0. The third-order valence-corrected chi connectivity index (χ3v) is 2.56.